The molecule has 1 radical (unpaired) electrons. The van der Waals surface area contributed by atoms with Gasteiger partial charge in [0.1, 0.15) is 21.7 Å². The van der Waals surface area contributed by atoms with Crippen molar-refractivity contribution in [1.29, 1.82) is 0 Å². The summed E-state index contributed by atoms with van der Waals surface area (Å²) in [6.45, 7) is 2.84. The van der Waals surface area contributed by atoms with Crippen LogP contribution in [-0.4, -0.2) is 119 Å². The molecule has 0 aliphatic carbocycles. The number of pyridine rings is 4. The molecular weight excluding hydrogens is 1150 g/mol. The van der Waals surface area contributed by atoms with E-state index in [2.05, 4.69) is 48.0 Å². The Morgan fingerprint density at radius 2 is 1.23 bits per heavy atom. The summed E-state index contributed by atoms with van der Waals surface area (Å²) in [6.07, 6.45) is 11.7. The van der Waals surface area contributed by atoms with E-state index < -0.39 is 33.4 Å². The standard InChI is InChI=1S/C34H44N6O9S.2C11H8N.Ir/c1-24-11-14-35-27(20-24)28-22-25(12-15-36-28)21-26(41)6-5-8-31(43)39-29(23-50(2,47)48)34(46)38-13-4-3-7-30(42)37-16-18-49-19-17-40-32(44)9-10-33(40)45;2*1-2-6-10(7-3-1)11-8-4-5-9-12-11;/h9-12,14-15,20,22,29H,3-8,13,16-19,21,23H2,1-2H3,(H,37,42)(H,38,46)(H,39,43);2*1-6,8-9H;/q;2*-1;. The van der Waals surface area contributed by atoms with Gasteiger partial charge >= 0.3 is 0 Å². The van der Waals surface area contributed by atoms with Gasteiger partial charge in [-0.05, 0) is 85.1 Å². The number of benzene rings is 2. The Labute approximate surface area is 451 Å². The Hall–Kier alpha value is -7.44. The van der Waals surface area contributed by atoms with E-state index in [1.807, 2.05) is 104 Å². The number of amides is 5. The average Bonchev–Trinajstić information content (AvgIpc) is 3.73. The summed E-state index contributed by atoms with van der Waals surface area (Å²) in [5, 5.41) is 7.77. The predicted octanol–water partition coefficient (Wildman–Crippen LogP) is 5.70. The molecular formula is C56H60IrN8O9S-2. The van der Waals surface area contributed by atoms with Gasteiger partial charge in [0.05, 0.1) is 36.9 Å². The second kappa shape index (κ2) is 32.7. The Bertz CT molecular complexity index is 2730. The Morgan fingerprint density at radius 3 is 1.80 bits per heavy atom. The molecule has 6 aromatic rings. The van der Waals surface area contributed by atoms with Crippen molar-refractivity contribution in [2.24, 2.45) is 0 Å². The van der Waals surface area contributed by atoms with Crippen molar-refractivity contribution < 1.29 is 62.0 Å². The zero-order chi connectivity index (χ0) is 53.0. The van der Waals surface area contributed by atoms with Gasteiger partial charge in [0.2, 0.25) is 17.7 Å². The summed E-state index contributed by atoms with van der Waals surface area (Å²) in [5.41, 5.74) is 7.18. The fourth-order valence-electron chi connectivity index (χ4n) is 7.07. The van der Waals surface area contributed by atoms with Crippen LogP contribution in [0.4, 0.5) is 0 Å². The van der Waals surface area contributed by atoms with Crippen LogP contribution in [0.1, 0.15) is 49.7 Å². The molecule has 1 atom stereocenters. The van der Waals surface area contributed by atoms with Gasteiger partial charge in [-0.3, -0.25) is 43.6 Å². The number of ether oxygens (including phenoxy) is 1. The van der Waals surface area contributed by atoms with Gasteiger partial charge in [-0.15, -0.1) is 71.8 Å². The quantitative estimate of drug-likeness (QED) is 0.0375. The van der Waals surface area contributed by atoms with Crippen molar-refractivity contribution >= 4 is 45.2 Å². The number of nitrogens with one attached hydrogen (secondary N) is 3. The molecule has 0 saturated carbocycles. The molecule has 2 aromatic carbocycles. The van der Waals surface area contributed by atoms with Gasteiger partial charge in [-0.1, -0.05) is 24.3 Å². The van der Waals surface area contributed by atoms with Crippen LogP contribution < -0.4 is 16.0 Å². The molecule has 19 heteroatoms. The van der Waals surface area contributed by atoms with Gasteiger partial charge < -0.3 is 30.7 Å². The second-order valence-electron chi connectivity index (χ2n) is 16.9. The molecule has 395 valence electrons. The number of carbonyl (C=O) groups is 6. The maximum absolute atomic E-state index is 12.7. The van der Waals surface area contributed by atoms with Crippen LogP contribution in [0.2, 0.25) is 0 Å². The summed E-state index contributed by atoms with van der Waals surface area (Å²) in [4.78, 5) is 91.1. The number of aromatic nitrogens is 4. The third-order valence-corrected chi connectivity index (χ3v) is 11.7. The zero-order valence-electron chi connectivity index (χ0n) is 41.8. The third-order valence-electron chi connectivity index (χ3n) is 10.7. The minimum Gasteiger partial charge on any atom is -0.378 e. The molecule has 75 heavy (non-hydrogen) atoms. The predicted molar refractivity (Wildman–Crippen MR) is 280 cm³/mol. The molecule has 5 amide bonds. The number of sulfone groups is 1. The molecule has 4 aromatic heterocycles. The Kier molecular flexibility index (Phi) is 26.2. The molecule has 1 unspecified atom stereocenters. The molecule has 0 spiro atoms. The molecule has 0 fully saturated rings. The van der Waals surface area contributed by atoms with Crippen molar-refractivity contribution in [2.45, 2.75) is 57.9 Å². The monoisotopic (exact) mass is 1210 g/mol. The van der Waals surface area contributed by atoms with Crippen LogP contribution in [-0.2, 0) is 69.9 Å². The molecule has 0 bridgehead atoms. The Balaban J connectivity index is 0.000000389. The minimum absolute atomic E-state index is 0. The number of ketones is 1. The third kappa shape index (κ3) is 23.1. The van der Waals surface area contributed by atoms with Crippen LogP contribution in [0.25, 0.3) is 33.9 Å². The summed E-state index contributed by atoms with van der Waals surface area (Å²) in [5.74, 6) is -2.87. The molecule has 17 nitrogen and oxygen atoms in total. The van der Waals surface area contributed by atoms with Crippen LogP contribution in [0, 0.1) is 19.1 Å². The number of nitrogens with zero attached hydrogens (tertiary/aromatic N) is 5. The van der Waals surface area contributed by atoms with E-state index in [-0.39, 0.29) is 109 Å². The van der Waals surface area contributed by atoms with Gasteiger partial charge in [0, 0.05) is 102 Å². The van der Waals surface area contributed by atoms with E-state index in [1.165, 1.54) is 12.2 Å². The molecule has 1 aliphatic heterocycles. The fraction of sp³-hybridized carbons (Fsp3) is 0.286. The van der Waals surface area contributed by atoms with E-state index >= 15 is 0 Å². The van der Waals surface area contributed by atoms with Crippen LogP contribution in [0.15, 0.2) is 146 Å². The van der Waals surface area contributed by atoms with Gasteiger partial charge in [0.25, 0.3) is 11.8 Å². The number of hydrogen-bond acceptors (Lipinski definition) is 13. The fourth-order valence-corrected chi connectivity index (χ4v) is 7.91. The van der Waals surface area contributed by atoms with Gasteiger partial charge in [-0.2, -0.15) is 0 Å². The van der Waals surface area contributed by atoms with E-state index in [4.69, 9.17) is 4.74 Å². The van der Waals surface area contributed by atoms with E-state index in [0.29, 0.717) is 24.2 Å². The maximum Gasteiger partial charge on any atom is 0.253 e. The van der Waals surface area contributed by atoms with Crippen LogP contribution in [0.5, 0.6) is 0 Å². The maximum atomic E-state index is 12.7. The number of aryl methyl sites for hydroxylation is 1. The second-order valence-corrected chi connectivity index (χ2v) is 19.1. The van der Waals surface area contributed by atoms with Crippen molar-refractivity contribution in [1.82, 2.24) is 40.8 Å². The van der Waals surface area contributed by atoms with Crippen molar-refractivity contribution in [3.63, 3.8) is 0 Å². The first-order chi connectivity index (χ1) is 35.7. The molecule has 7 rings (SSSR count). The first-order valence-corrected chi connectivity index (χ1v) is 26.1. The SMILES string of the molecule is Cc1ccnc(-c2cc(CC(=O)CCCC(=O)NC(CS(C)(=O)=O)C(=O)NCCCCC(=O)NCCOCCN3C(=O)C=CC3=O)ccn2)c1.[Ir].[c-]1ccccc1-c1ccccn1.[c-]1ccccc1-c1ccccn1. The number of hydrogen-bond donors (Lipinski definition) is 3. The van der Waals surface area contributed by atoms with Crippen molar-refractivity contribution in [3.05, 3.63) is 169 Å². The average molecular weight is 1210 g/mol. The van der Waals surface area contributed by atoms with Crippen molar-refractivity contribution in [3.8, 4) is 33.9 Å². The Morgan fingerprint density at radius 1 is 0.640 bits per heavy atom. The number of imide groups is 1. The topological polar surface area (TPSA) is 237 Å². The molecule has 5 heterocycles. The zero-order valence-corrected chi connectivity index (χ0v) is 45.0. The number of rotatable bonds is 24. The van der Waals surface area contributed by atoms with Gasteiger partial charge in [0.15, 0.2) is 0 Å². The summed E-state index contributed by atoms with van der Waals surface area (Å²) >= 11 is 0. The first-order valence-electron chi connectivity index (χ1n) is 24.0. The first kappa shape index (κ1) is 60.1. The molecule has 3 N–H and O–H groups in total. The number of Topliss-reactive ketones (excluding diaryl/α,β-unsaturated/α-hetero) is 1. The van der Waals surface area contributed by atoms with E-state index in [0.717, 1.165) is 44.8 Å². The summed E-state index contributed by atoms with van der Waals surface area (Å²) < 4.78 is 29.2. The largest absolute Gasteiger partial charge is 0.378 e. The molecule has 0 saturated heterocycles. The number of carbonyl (C=O) groups excluding carboxylic acids is 6. The summed E-state index contributed by atoms with van der Waals surface area (Å²) in [7, 11) is -3.62. The van der Waals surface area contributed by atoms with Crippen LogP contribution in [0.3, 0.4) is 0 Å². The number of unbranched alkanes of at least 4 members (excludes halogenated alkanes) is 1. The van der Waals surface area contributed by atoms with Gasteiger partial charge in [-0.25, -0.2) is 8.42 Å². The smallest absolute Gasteiger partial charge is 0.253 e. The van der Waals surface area contributed by atoms with E-state index in [1.54, 1.807) is 36.9 Å². The van der Waals surface area contributed by atoms with Crippen molar-refractivity contribution in [2.75, 3.05) is 44.9 Å². The minimum atomic E-state index is -3.62. The normalized spacial score (nSPS) is 11.9. The van der Waals surface area contributed by atoms with E-state index in [9.17, 15) is 37.2 Å². The molecule has 1 aliphatic rings. The van der Waals surface area contributed by atoms with Crippen LogP contribution >= 0.6 is 0 Å². The summed E-state index contributed by atoms with van der Waals surface area (Å²) in [6, 6.07) is 39.7.